The van der Waals surface area contributed by atoms with Crippen LogP contribution >= 0.6 is 24.0 Å². The average Bonchev–Trinajstić information content (AvgIpc) is 2.45. The number of aryl methyl sites for hydroxylation is 1. The van der Waals surface area contributed by atoms with Gasteiger partial charge in [-0.25, -0.2) is 4.99 Å². The van der Waals surface area contributed by atoms with Crippen LogP contribution in [0.2, 0.25) is 0 Å². The van der Waals surface area contributed by atoms with Crippen molar-refractivity contribution in [3.8, 4) is 0 Å². The van der Waals surface area contributed by atoms with Gasteiger partial charge in [0.05, 0.1) is 6.54 Å². The maximum atomic E-state index is 12.0. The van der Waals surface area contributed by atoms with Crippen molar-refractivity contribution in [3.63, 3.8) is 0 Å². The summed E-state index contributed by atoms with van der Waals surface area (Å²) in [5.74, 6) is 1.40. The molecule has 0 spiro atoms. The predicted molar refractivity (Wildman–Crippen MR) is 112 cm³/mol. The Morgan fingerprint density at radius 2 is 1.78 bits per heavy atom. The van der Waals surface area contributed by atoms with Gasteiger partial charge >= 0.3 is 0 Å². The first kappa shape index (κ1) is 22.4. The molecular formula is C17H30IN3OS. The van der Waals surface area contributed by atoms with E-state index in [4.69, 9.17) is 0 Å². The highest BCUT2D eigenvalue weighted by Crippen LogP contribution is 2.10. The lowest BCUT2D eigenvalue weighted by Crippen LogP contribution is -2.40. The minimum atomic E-state index is -0.846. The van der Waals surface area contributed by atoms with Crippen molar-refractivity contribution in [2.45, 2.75) is 45.9 Å². The van der Waals surface area contributed by atoms with Gasteiger partial charge < -0.3 is 10.6 Å². The third-order valence-corrected chi connectivity index (χ3v) is 5.09. The van der Waals surface area contributed by atoms with Gasteiger partial charge in [0, 0.05) is 34.4 Å². The van der Waals surface area contributed by atoms with Crippen molar-refractivity contribution >= 4 is 40.7 Å². The fraction of sp³-hybridized carbons (Fsp3) is 0.588. The van der Waals surface area contributed by atoms with Crippen LogP contribution in [0.4, 0.5) is 0 Å². The summed E-state index contributed by atoms with van der Waals surface area (Å²) in [4.78, 5) is 4.57. The third-order valence-electron chi connectivity index (χ3n) is 3.15. The number of halogens is 1. The summed E-state index contributed by atoms with van der Waals surface area (Å²) in [5.41, 5.74) is 2.43. The Kier molecular flexibility index (Phi) is 10.7. The summed E-state index contributed by atoms with van der Waals surface area (Å²) in [6, 6.07) is 8.38. The molecule has 0 saturated carbocycles. The van der Waals surface area contributed by atoms with Crippen molar-refractivity contribution in [3.05, 3.63) is 35.4 Å². The van der Waals surface area contributed by atoms with Gasteiger partial charge in [0.1, 0.15) is 0 Å². The quantitative estimate of drug-likeness (QED) is 0.397. The van der Waals surface area contributed by atoms with E-state index in [1.165, 1.54) is 11.1 Å². The maximum Gasteiger partial charge on any atom is 0.191 e. The van der Waals surface area contributed by atoms with Gasteiger partial charge in [0.25, 0.3) is 0 Å². The lowest BCUT2D eigenvalue weighted by Gasteiger charge is -2.18. The Balaban J connectivity index is 0.00000484. The van der Waals surface area contributed by atoms with Gasteiger partial charge in [0.2, 0.25) is 0 Å². The van der Waals surface area contributed by atoms with Gasteiger partial charge in [-0.3, -0.25) is 4.21 Å². The van der Waals surface area contributed by atoms with Crippen molar-refractivity contribution in [2.75, 3.05) is 18.8 Å². The summed E-state index contributed by atoms with van der Waals surface area (Å²) in [6.45, 7) is 12.2. The third kappa shape index (κ3) is 9.30. The summed E-state index contributed by atoms with van der Waals surface area (Å²) >= 11 is 0. The lowest BCUT2D eigenvalue weighted by molar-refractivity contribution is 0.647. The average molecular weight is 451 g/mol. The fourth-order valence-corrected chi connectivity index (χ4v) is 2.67. The van der Waals surface area contributed by atoms with E-state index in [9.17, 15) is 4.21 Å². The molecule has 1 rings (SSSR count). The Hall–Kier alpha value is -0.630. The molecule has 0 aliphatic heterocycles. The van der Waals surface area contributed by atoms with Crippen LogP contribution in [0.1, 0.15) is 38.8 Å². The minimum Gasteiger partial charge on any atom is -0.357 e. The largest absolute Gasteiger partial charge is 0.357 e. The molecule has 1 aromatic rings. The predicted octanol–water partition coefficient (Wildman–Crippen LogP) is 3.22. The molecule has 0 bridgehead atoms. The van der Waals surface area contributed by atoms with Gasteiger partial charge in [-0.05, 0) is 40.2 Å². The molecule has 0 aliphatic rings. The number of guanidine groups is 1. The molecule has 23 heavy (non-hydrogen) atoms. The highest BCUT2D eigenvalue weighted by Gasteiger charge is 2.18. The van der Waals surface area contributed by atoms with Crippen molar-refractivity contribution in [1.29, 1.82) is 0 Å². The summed E-state index contributed by atoms with van der Waals surface area (Å²) in [7, 11) is -0.846. The van der Waals surface area contributed by atoms with E-state index in [0.29, 0.717) is 18.8 Å². The highest BCUT2D eigenvalue weighted by molar-refractivity contribution is 14.0. The van der Waals surface area contributed by atoms with Gasteiger partial charge in [-0.2, -0.15) is 0 Å². The van der Waals surface area contributed by atoms with Gasteiger partial charge in [0.15, 0.2) is 5.96 Å². The molecule has 0 saturated heterocycles. The molecule has 0 amide bonds. The molecule has 1 aromatic carbocycles. The molecule has 0 fully saturated rings. The van der Waals surface area contributed by atoms with Crippen LogP contribution in [-0.4, -0.2) is 33.8 Å². The number of nitrogens with zero attached hydrogens (tertiary/aromatic N) is 1. The number of benzene rings is 1. The van der Waals surface area contributed by atoms with Crippen LogP contribution in [-0.2, 0) is 17.3 Å². The molecule has 1 unspecified atom stereocenters. The highest BCUT2D eigenvalue weighted by atomic mass is 127. The number of hydrogen-bond acceptors (Lipinski definition) is 2. The topological polar surface area (TPSA) is 53.5 Å². The Bertz CT molecular complexity index is 510. The molecule has 0 heterocycles. The molecule has 2 N–H and O–H groups in total. The van der Waals surface area contributed by atoms with E-state index in [-0.39, 0.29) is 28.7 Å². The molecule has 132 valence electrons. The molecule has 6 heteroatoms. The van der Waals surface area contributed by atoms with E-state index in [2.05, 4.69) is 46.8 Å². The van der Waals surface area contributed by atoms with Crippen LogP contribution < -0.4 is 10.6 Å². The zero-order chi connectivity index (χ0) is 16.6. The number of aliphatic imine (C=N–C) groups is 1. The molecular weight excluding hydrogens is 421 g/mol. The van der Waals surface area contributed by atoms with E-state index >= 15 is 0 Å². The smallest absolute Gasteiger partial charge is 0.191 e. The second-order valence-electron chi connectivity index (χ2n) is 6.27. The standard InChI is InChI=1S/C17H29N3OS.HI/c1-6-18-16(19-11-12-22(21)17(3,4)5)20-13-15-9-7-14(2)8-10-15;/h7-10H,6,11-13H2,1-5H3,(H2,18,19,20);1H. The van der Waals surface area contributed by atoms with Crippen molar-refractivity contribution in [2.24, 2.45) is 4.99 Å². The first-order valence-corrected chi connectivity index (χ1v) is 9.11. The second-order valence-corrected chi connectivity index (χ2v) is 8.59. The maximum absolute atomic E-state index is 12.0. The molecule has 0 aromatic heterocycles. The van der Waals surface area contributed by atoms with Gasteiger partial charge in [-0.15, -0.1) is 24.0 Å². The Morgan fingerprint density at radius 1 is 1.17 bits per heavy atom. The first-order chi connectivity index (χ1) is 10.3. The van der Waals surface area contributed by atoms with Crippen molar-refractivity contribution < 1.29 is 4.21 Å². The van der Waals surface area contributed by atoms with Gasteiger partial charge in [-0.1, -0.05) is 29.8 Å². The molecule has 0 aliphatic carbocycles. The van der Waals surface area contributed by atoms with Crippen LogP contribution in [0.3, 0.4) is 0 Å². The number of hydrogen-bond donors (Lipinski definition) is 2. The normalized spacial score (nSPS) is 13.2. The number of rotatable bonds is 6. The van der Waals surface area contributed by atoms with E-state index in [0.717, 1.165) is 12.5 Å². The Labute approximate surface area is 160 Å². The first-order valence-electron chi connectivity index (χ1n) is 7.79. The molecule has 0 radical (unpaired) electrons. The van der Waals surface area contributed by atoms with E-state index < -0.39 is 10.8 Å². The van der Waals surface area contributed by atoms with E-state index in [1.807, 2.05) is 27.7 Å². The summed E-state index contributed by atoms with van der Waals surface area (Å²) < 4.78 is 11.9. The SMILES string of the molecule is CCNC(=NCc1ccc(C)cc1)NCCS(=O)C(C)(C)C.I. The van der Waals surface area contributed by atoms with Crippen LogP contribution in [0.15, 0.2) is 29.3 Å². The second kappa shape index (κ2) is 11.0. The summed E-state index contributed by atoms with van der Waals surface area (Å²) in [6.07, 6.45) is 0. The Morgan fingerprint density at radius 3 is 2.30 bits per heavy atom. The van der Waals surface area contributed by atoms with Crippen LogP contribution in [0.25, 0.3) is 0 Å². The van der Waals surface area contributed by atoms with E-state index in [1.54, 1.807) is 0 Å². The zero-order valence-corrected chi connectivity index (χ0v) is 18.0. The summed E-state index contributed by atoms with van der Waals surface area (Å²) in [5, 5.41) is 6.47. The minimum absolute atomic E-state index is 0. The number of nitrogens with one attached hydrogen (secondary N) is 2. The molecule has 4 nitrogen and oxygen atoms in total. The fourth-order valence-electron chi connectivity index (χ4n) is 1.77. The zero-order valence-electron chi connectivity index (χ0n) is 14.8. The van der Waals surface area contributed by atoms with Crippen LogP contribution in [0.5, 0.6) is 0 Å². The lowest BCUT2D eigenvalue weighted by atomic mass is 10.1. The van der Waals surface area contributed by atoms with Crippen molar-refractivity contribution in [1.82, 2.24) is 10.6 Å². The monoisotopic (exact) mass is 451 g/mol. The van der Waals surface area contributed by atoms with Crippen LogP contribution in [0, 0.1) is 6.92 Å². The molecule has 1 atom stereocenters.